The summed E-state index contributed by atoms with van der Waals surface area (Å²) in [7, 11) is 0. The van der Waals surface area contributed by atoms with E-state index in [1.807, 2.05) is 6.07 Å². The van der Waals surface area contributed by atoms with Gasteiger partial charge in [-0.2, -0.15) is 0 Å². The molecule has 5 heteroatoms. The first-order valence-corrected chi connectivity index (χ1v) is 7.39. The SMILES string of the molecule is CC(C)NCc1ccc(Oc2ccc(F)c(F)c2)cc1Br. The van der Waals surface area contributed by atoms with Crippen molar-refractivity contribution >= 4 is 15.9 Å². The zero-order valence-electron chi connectivity index (χ0n) is 11.8. The second kappa shape index (κ2) is 7.00. The first-order valence-electron chi connectivity index (χ1n) is 6.60. The maximum absolute atomic E-state index is 13.1. The Morgan fingerprint density at radius 1 is 1.05 bits per heavy atom. The molecule has 1 N–H and O–H groups in total. The summed E-state index contributed by atoms with van der Waals surface area (Å²) in [5.74, 6) is -1.00. The van der Waals surface area contributed by atoms with Crippen LogP contribution >= 0.6 is 15.9 Å². The Kier molecular flexibility index (Phi) is 5.31. The molecule has 112 valence electrons. The molecule has 0 radical (unpaired) electrons. The fourth-order valence-electron chi connectivity index (χ4n) is 1.73. The lowest BCUT2D eigenvalue weighted by atomic mass is 10.2. The third-order valence-corrected chi connectivity index (χ3v) is 3.59. The smallest absolute Gasteiger partial charge is 0.162 e. The van der Waals surface area contributed by atoms with Crippen molar-refractivity contribution in [2.45, 2.75) is 26.4 Å². The summed E-state index contributed by atoms with van der Waals surface area (Å²) in [5.41, 5.74) is 1.10. The van der Waals surface area contributed by atoms with Crippen LogP contribution in [0.3, 0.4) is 0 Å². The highest BCUT2D eigenvalue weighted by molar-refractivity contribution is 9.10. The van der Waals surface area contributed by atoms with Crippen LogP contribution < -0.4 is 10.1 Å². The minimum absolute atomic E-state index is 0.258. The Hall–Kier alpha value is -1.46. The summed E-state index contributed by atoms with van der Waals surface area (Å²) in [4.78, 5) is 0. The average Bonchev–Trinajstić information content (AvgIpc) is 2.42. The lowest BCUT2D eigenvalue weighted by Gasteiger charge is -2.12. The molecule has 0 heterocycles. The molecule has 0 amide bonds. The van der Waals surface area contributed by atoms with Gasteiger partial charge in [-0.1, -0.05) is 35.8 Å². The molecule has 0 saturated heterocycles. The summed E-state index contributed by atoms with van der Waals surface area (Å²) in [6.45, 7) is 4.90. The van der Waals surface area contributed by atoms with Crippen molar-refractivity contribution in [3.05, 3.63) is 58.1 Å². The summed E-state index contributed by atoms with van der Waals surface area (Å²) in [6, 6.07) is 9.38. The monoisotopic (exact) mass is 355 g/mol. The summed E-state index contributed by atoms with van der Waals surface area (Å²) < 4.78 is 32.4. The van der Waals surface area contributed by atoms with Crippen molar-refractivity contribution in [3.8, 4) is 11.5 Å². The highest BCUT2D eigenvalue weighted by Gasteiger charge is 2.07. The van der Waals surface area contributed by atoms with Crippen LogP contribution in [-0.2, 0) is 6.54 Å². The predicted molar refractivity (Wildman–Crippen MR) is 82.5 cm³/mol. The molecule has 0 spiro atoms. The lowest BCUT2D eigenvalue weighted by molar-refractivity contribution is 0.461. The zero-order valence-corrected chi connectivity index (χ0v) is 13.4. The van der Waals surface area contributed by atoms with Crippen molar-refractivity contribution in [2.24, 2.45) is 0 Å². The average molecular weight is 356 g/mol. The number of benzene rings is 2. The molecule has 0 bridgehead atoms. The van der Waals surface area contributed by atoms with E-state index in [4.69, 9.17) is 4.74 Å². The van der Waals surface area contributed by atoms with Crippen LogP contribution in [0, 0.1) is 11.6 Å². The Bertz CT molecular complexity index is 632. The highest BCUT2D eigenvalue weighted by Crippen LogP contribution is 2.28. The molecule has 2 aromatic rings. The Labute approximate surface area is 131 Å². The van der Waals surface area contributed by atoms with Crippen molar-refractivity contribution in [3.63, 3.8) is 0 Å². The van der Waals surface area contributed by atoms with E-state index >= 15 is 0 Å². The van der Waals surface area contributed by atoms with E-state index in [2.05, 4.69) is 35.1 Å². The Morgan fingerprint density at radius 2 is 1.71 bits per heavy atom. The Balaban J connectivity index is 2.10. The molecule has 2 rings (SSSR count). The van der Waals surface area contributed by atoms with Gasteiger partial charge in [0, 0.05) is 23.1 Å². The van der Waals surface area contributed by atoms with Crippen LogP contribution in [0.1, 0.15) is 19.4 Å². The van der Waals surface area contributed by atoms with Crippen LogP contribution in [0.15, 0.2) is 40.9 Å². The molecule has 0 aliphatic heterocycles. The van der Waals surface area contributed by atoms with E-state index < -0.39 is 11.6 Å². The largest absolute Gasteiger partial charge is 0.457 e. The lowest BCUT2D eigenvalue weighted by Crippen LogP contribution is -2.21. The van der Waals surface area contributed by atoms with Gasteiger partial charge in [0.2, 0.25) is 0 Å². The standard InChI is InChI=1S/C16H16BrF2NO/c1-10(2)20-9-11-3-4-12(7-14(11)17)21-13-5-6-15(18)16(19)8-13/h3-8,10,20H,9H2,1-2H3. The minimum atomic E-state index is -0.927. The summed E-state index contributed by atoms with van der Waals surface area (Å²) in [6.07, 6.45) is 0. The van der Waals surface area contributed by atoms with E-state index in [-0.39, 0.29) is 5.75 Å². The fraction of sp³-hybridized carbons (Fsp3) is 0.250. The second-order valence-corrected chi connectivity index (χ2v) is 5.82. The van der Waals surface area contributed by atoms with Crippen LogP contribution in [0.5, 0.6) is 11.5 Å². The molecule has 0 saturated carbocycles. The molecule has 0 aromatic heterocycles. The topological polar surface area (TPSA) is 21.3 Å². The van der Waals surface area contributed by atoms with Gasteiger partial charge in [-0.25, -0.2) is 8.78 Å². The Morgan fingerprint density at radius 3 is 2.33 bits per heavy atom. The number of halogens is 3. The van der Waals surface area contributed by atoms with Crippen LogP contribution in [0.25, 0.3) is 0 Å². The molecule has 21 heavy (non-hydrogen) atoms. The van der Waals surface area contributed by atoms with Gasteiger partial charge >= 0.3 is 0 Å². The maximum atomic E-state index is 13.1. The third kappa shape index (κ3) is 4.51. The first-order chi connectivity index (χ1) is 9.95. The number of ether oxygens (including phenoxy) is 1. The normalized spacial score (nSPS) is 11.0. The molecule has 0 aliphatic rings. The van der Waals surface area contributed by atoms with Crippen LogP contribution in [-0.4, -0.2) is 6.04 Å². The van der Waals surface area contributed by atoms with Crippen molar-refractivity contribution in [1.29, 1.82) is 0 Å². The third-order valence-electron chi connectivity index (χ3n) is 2.85. The van der Waals surface area contributed by atoms with Gasteiger partial charge in [-0.05, 0) is 29.8 Å². The number of hydrogen-bond acceptors (Lipinski definition) is 2. The van der Waals surface area contributed by atoms with Crippen LogP contribution in [0.4, 0.5) is 8.78 Å². The van der Waals surface area contributed by atoms with Gasteiger partial charge in [-0.15, -0.1) is 0 Å². The first kappa shape index (κ1) is 15.9. The maximum Gasteiger partial charge on any atom is 0.162 e. The van der Waals surface area contributed by atoms with Gasteiger partial charge in [0.1, 0.15) is 11.5 Å². The predicted octanol–water partition coefficient (Wildman–Crippen LogP) is 5.02. The quantitative estimate of drug-likeness (QED) is 0.813. The van der Waals surface area contributed by atoms with Crippen molar-refractivity contribution in [1.82, 2.24) is 5.32 Å². The number of rotatable bonds is 5. The molecular formula is C16H16BrF2NO. The highest BCUT2D eigenvalue weighted by atomic mass is 79.9. The number of hydrogen-bond donors (Lipinski definition) is 1. The minimum Gasteiger partial charge on any atom is -0.457 e. The summed E-state index contributed by atoms with van der Waals surface area (Å²) >= 11 is 3.48. The molecule has 0 unspecified atom stereocenters. The molecule has 0 fully saturated rings. The number of nitrogens with one attached hydrogen (secondary N) is 1. The second-order valence-electron chi connectivity index (χ2n) is 4.97. The van der Waals surface area contributed by atoms with Gasteiger partial charge in [0.15, 0.2) is 11.6 Å². The van der Waals surface area contributed by atoms with Gasteiger partial charge < -0.3 is 10.1 Å². The molecule has 0 aliphatic carbocycles. The van der Waals surface area contributed by atoms with Crippen molar-refractivity contribution in [2.75, 3.05) is 0 Å². The molecular weight excluding hydrogens is 340 g/mol. The molecule has 0 atom stereocenters. The van der Waals surface area contributed by atoms with Gasteiger partial charge in [0.05, 0.1) is 0 Å². The van der Waals surface area contributed by atoms with Crippen LogP contribution in [0.2, 0.25) is 0 Å². The van der Waals surface area contributed by atoms with E-state index in [1.165, 1.54) is 6.07 Å². The fourth-order valence-corrected chi connectivity index (χ4v) is 2.22. The van der Waals surface area contributed by atoms with Gasteiger partial charge in [-0.3, -0.25) is 0 Å². The van der Waals surface area contributed by atoms with E-state index in [0.29, 0.717) is 11.8 Å². The van der Waals surface area contributed by atoms with E-state index in [0.717, 1.165) is 28.7 Å². The van der Waals surface area contributed by atoms with E-state index in [9.17, 15) is 8.78 Å². The van der Waals surface area contributed by atoms with Gasteiger partial charge in [0.25, 0.3) is 0 Å². The molecule has 2 aromatic carbocycles. The summed E-state index contributed by atoms with van der Waals surface area (Å²) in [5, 5.41) is 3.32. The van der Waals surface area contributed by atoms with Crippen molar-refractivity contribution < 1.29 is 13.5 Å². The zero-order chi connectivity index (χ0) is 15.4. The van der Waals surface area contributed by atoms with E-state index in [1.54, 1.807) is 12.1 Å². The molecule has 2 nitrogen and oxygen atoms in total.